The first-order valence-corrected chi connectivity index (χ1v) is 9.09. The molecule has 2 aromatic carbocycles. The summed E-state index contributed by atoms with van der Waals surface area (Å²) < 4.78 is 5.90. The summed E-state index contributed by atoms with van der Waals surface area (Å²) in [5, 5.41) is 5.49. The lowest BCUT2D eigenvalue weighted by Crippen LogP contribution is -2.43. The molecule has 0 saturated carbocycles. The van der Waals surface area contributed by atoms with Crippen molar-refractivity contribution in [3.63, 3.8) is 0 Å². The van der Waals surface area contributed by atoms with E-state index in [4.69, 9.17) is 4.74 Å². The van der Waals surface area contributed by atoms with Crippen molar-refractivity contribution in [2.24, 2.45) is 0 Å². The predicted molar refractivity (Wildman–Crippen MR) is 102 cm³/mol. The average molecular weight is 346 g/mol. The second-order valence-corrected chi connectivity index (χ2v) is 6.73. The monoisotopic (exact) mass is 346 g/mol. The summed E-state index contributed by atoms with van der Waals surface area (Å²) in [5.74, 6) is 0.907. The van der Waals surface area contributed by atoms with Crippen LogP contribution in [0.5, 0.6) is 5.75 Å². The van der Waals surface area contributed by atoms with Gasteiger partial charge in [0.25, 0.3) is 0 Å². The Kier molecular flexibility index (Phi) is 4.57. The van der Waals surface area contributed by atoms with Gasteiger partial charge in [-0.15, -0.1) is 0 Å². The SMILES string of the molecule is CCc1ccc(CC(=O)NC2COc3ccc4ccccc4c3C2)nc1. The highest BCUT2D eigenvalue weighted by molar-refractivity contribution is 5.88. The van der Waals surface area contributed by atoms with E-state index >= 15 is 0 Å². The second-order valence-electron chi connectivity index (χ2n) is 6.73. The Morgan fingerprint density at radius 1 is 1.19 bits per heavy atom. The van der Waals surface area contributed by atoms with Gasteiger partial charge >= 0.3 is 0 Å². The van der Waals surface area contributed by atoms with Crippen molar-refractivity contribution in [1.29, 1.82) is 0 Å². The first kappa shape index (κ1) is 16.6. The van der Waals surface area contributed by atoms with E-state index in [0.717, 1.165) is 24.3 Å². The zero-order valence-electron chi connectivity index (χ0n) is 14.9. The Morgan fingerprint density at radius 3 is 2.88 bits per heavy atom. The molecule has 26 heavy (non-hydrogen) atoms. The van der Waals surface area contributed by atoms with E-state index in [-0.39, 0.29) is 11.9 Å². The molecule has 0 spiro atoms. The van der Waals surface area contributed by atoms with E-state index in [1.165, 1.54) is 21.9 Å². The van der Waals surface area contributed by atoms with Crippen LogP contribution in [0.2, 0.25) is 0 Å². The minimum atomic E-state index is -0.0179. The molecule has 4 nitrogen and oxygen atoms in total. The Bertz CT molecular complexity index is 935. The van der Waals surface area contributed by atoms with Gasteiger partial charge in [0.1, 0.15) is 12.4 Å². The number of ether oxygens (including phenoxy) is 1. The van der Waals surface area contributed by atoms with Crippen LogP contribution in [-0.2, 0) is 24.1 Å². The van der Waals surface area contributed by atoms with Crippen LogP contribution in [0.3, 0.4) is 0 Å². The zero-order valence-corrected chi connectivity index (χ0v) is 14.9. The minimum absolute atomic E-state index is 0.0148. The molecular weight excluding hydrogens is 324 g/mol. The van der Waals surface area contributed by atoms with E-state index < -0.39 is 0 Å². The summed E-state index contributed by atoms with van der Waals surface area (Å²) in [5.41, 5.74) is 3.14. The molecule has 0 bridgehead atoms. The van der Waals surface area contributed by atoms with E-state index in [9.17, 15) is 4.79 Å². The van der Waals surface area contributed by atoms with Crippen molar-refractivity contribution in [2.45, 2.75) is 32.2 Å². The van der Waals surface area contributed by atoms with E-state index in [2.05, 4.69) is 35.4 Å². The highest BCUT2D eigenvalue weighted by atomic mass is 16.5. The molecule has 1 aliphatic heterocycles. The van der Waals surface area contributed by atoms with Gasteiger partial charge in [-0.1, -0.05) is 43.3 Å². The fraction of sp³-hybridized carbons (Fsp3) is 0.273. The number of rotatable bonds is 4. The maximum Gasteiger partial charge on any atom is 0.226 e. The Labute approximate surface area is 153 Å². The fourth-order valence-electron chi connectivity index (χ4n) is 3.46. The summed E-state index contributed by atoms with van der Waals surface area (Å²) in [4.78, 5) is 16.8. The minimum Gasteiger partial charge on any atom is -0.491 e. The van der Waals surface area contributed by atoms with Gasteiger partial charge in [0.2, 0.25) is 5.91 Å². The number of carbonyl (C=O) groups excluding carboxylic acids is 1. The third-order valence-electron chi connectivity index (χ3n) is 4.89. The molecule has 132 valence electrons. The number of pyridine rings is 1. The van der Waals surface area contributed by atoms with Crippen LogP contribution in [0.1, 0.15) is 23.7 Å². The molecule has 1 unspecified atom stereocenters. The Morgan fingerprint density at radius 2 is 2.08 bits per heavy atom. The molecule has 2 heterocycles. The molecule has 1 atom stereocenters. The molecule has 4 rings (SSSR count). The molecule has 0 aliphatic carbocycles. The topological polar surface area (TPSA) is 51.2 Å². The fourth-order valence-corrected chi connectivity index (χ4v) is 3.46. The number of hydrogen-bond acceptors (Lipinski definition) is 3. The Hall–Kier alpha value is -2.88. The number of nitrogens with one attached hydrogen (secondary N) is 1. The first-order valence-electron chi connectivity index (χ1n) is 9.09. The number of hydrogen-bond donors (Lipinski definition) is 1. The maximum atomic E-state index is 12.4. The summed E-state index contributed by atoms with van der Waals surface area (Å²) in [6, 6.07) is 16.3. The van der Waals surface area contributed by atoms with Crippen LogP contribution >= 0.6 is 0 Å². The summed E-state index contributed by atoms with van der Waals surface area (Å²) in [7, 11) is 0. The first-order chi connectivity index (χ1) is 12.7. The lowest BCUT2D eigenvalue weighted by atomic mass is 9.96. The van der Waals surface area contributed by atoms with Crippen LogP contribution in [0.15, 0.2) is 54.7 Å². The summed E-state index contributed by atoms with van der Waals surface area (Å²) in [6.45, 7) is 2.59. The molecular formula is C22H22N2O2. The number of amides is 1. The third-order valence-corrected chi connectivity index (χ3v) is 4.89. The number of fused-ring (bicyclic) bond motifs is 3. The molecule has 1 N–H and O–H groups in total. The van der Waals surface area contributed by atoms with Crippen molar-refractivity contribution < 1.29 is 9.53 Å². The molecule has 4 heteroatoms. The molecule has 0 radical (unpaired) electrons. The van der Waals surface area contributed by atoms with Gasteiger partial charge in [-0.05, 0) is 34.9 Å². The predicted octanol–water partition coefficient (Wildman–Crippen LogP) is 3.46. The largest absolute Gasteiger partial charge is 0.491 e. The maximum absolute atomic E-state index is 12.4. The quantitative estimate of drug-likeness (QED) is 0.787. The highest BCUT2D eigenvalue weighted by Crippen LogP contribution is 2.32. The van der Waals surface area contributed by atoms with Crippen LogP contribution in [-0.4, -0.2) is 23.5 Å². The number of aromatic nitrogens is 1. The molecule has 1 aliphatic rings. The van der Waals surface area contributed by atoms with Gasteiger partial charge < -0.3 is 10.1 Å². The molecule has 0 saturated heterocycles. The van der Waals surface area contributed by atoms with Crippen molar-refractivity contribution >= 4 is 16.7 Å². The third kappa shape index (κ3) is 3.40. The normalized spacial score (nSPS) is 16.0. The van der Waals surface area contributed by atoms with Gasteiger partial charge in [-0.3, -0.25) is 9.78 Å². The Balaban J connectivity index is 1.45. The van der Waals surface area contributed by atoms with Crippen LogP contribution in [0.4, 0.5) is 0 Å². The van der Waals surface area contributed by atoms with Gasteiger partial charge in [-0.2, -0.15) is 0 Å². The number of nitrogens with zero attached hydrogens (tertiary/aromatic N) is 1. The van der Waals surface area contributed by atoms with Crippen LogP contribution < -0.4 is 10.1 Å². The van der Waals surface area contributed by atoms with Crippen LogP contribution in [0.25, 0.3) is 10.8 Å². The summed E-state index contributed by atoms with van der Waals surface area (Å²) >= 11 is 0. The van der Waals surface area contributed by atoms with Crippen molar-refractivity contribution in [2.75, 3.05) is 6.61 Å². The molecule has 1 aromatic heterocycles. The molecule has 1 amide bonds. The van der Waals surface area contributed by atoms with Crippen LogP contribution in [0, 0.1) is 0 Å². The summed E-state index contributed by atoms with van der Waals surface area (Å²) in [6.07, 6.45) is 3.87. The van der Waals surface area contributed by atoms with Gasteiger partial charge in [-0.25, -0.2) is 0 Å². The second kappa shape index (κ2) is 7.16. The van der Waals surface area contributed by atoms with Crippen molar-refractivity contribution in [3.8, 4) is 5.75 Å². The van der Waals surface area contributed by atoms with E-state index in [0.29, 0.717) is 13.0 Å². The van der Waals surface area contributed by atoms with Gasteiger partial charge in [0.05, 0.1) is 12.5 Å². The number of benzene rings is 2. The number of aryl methyl sites for hydroxylation is 1. The van der Waals surface area contributed by atoms with E-state index in [1.807, 2.05) is 36.5 Å². The smallest absolute Gasteiger partial charge is 0.226 e. The lowest BCUT2D eigenvalue weighted by molar-refractivity contribution is -0.121. The van der Waals surface area contributed by atoms with Gasteiger partial charge in [0.15, 0.2) is 0 Å². The van der Waals surface area contributed by atoms with E-state index in [1.54, 1.807) is 0 Å². The highest BCUT2D eigenvalue weighted by Gasteiger charge is 2.23. The van der Waals surface area contributed by atoms with Gasteiger partial charge in [0, 0.05) is 23.9 Å². The average Bonchev–Trinajstić information content (AvgIpc) is 2.68. The zero-order chi connectivity index (χ0) is 17.9. The standard InChI is InChI=1S/C22H22N2O2/c1-2-15-7-9-17(23-13-15)12-22(25)24-18-11-20-19-6-4-3-5-16(19)8-10-21(20)26-14-18/h3-10,13,18H,2,11-12,14H2,1H3,(H,24,25). The lowest BCUT2D eigenvalue weighted by Gasteiger charge is -2.27. The van der Waals surface area contributed by atoms with Crippen molar-refractivity contribution in [3.05, 3.63) is 71.5 Å². The molecule has 0 fully saturated rings. The molecule has 3 aromatic rings. The number of carbonyl (C=O) groups is 1. The van der Waals surface area contributed by atoms with Crippen molar-refractivity contribution in [1.82, 2.24) is 10.3 Å².